The number of aliphatic carboxylic acids is 1. The first-order chi connectivity index (χ1) is 14.9. The van der Waals surface area contributed by atoms with Crippen LogP contribution >= 0.6 is 0 Å². The Kier molecular flexibility index (Phi) is 5.30. The zero-order chi connectivity index (χ0) is 23.4. The maximum Gasteiger partial charge on any atom is 0.341 e. The maximum atomic E-state index is 13.5. The minimum Gasteiger partial charge on any atom is -0.482 e. The van der Waals surface area contributed by atoms with Crippen LogP contribution in [-0.4, -0.2) is 41.2 Å². The third-order valence-electron chi connectivity index (χ3n) is 6.73. The van der Waals surface area contributed by atoms with Crippen molar-refractivity contribution in [2.75, 3.05) is 13.7 Å². The standard InChI is InChI=1S/C26H31NO5/c1-25(2)10-17-23(19(28)12-25)22(15-7-6-8-16(9-15)32-14-21(30)31)24-18(27(17)5)11-26(3,4)13-20(24)29/h6-9,22H,10-14H2,1-5H3,(H,30,31). The van der Waals surface area contributed by atoms with Gasteiger partial charge in [0.25, 0.3) is 0 Å². The lowest BCUT2D eigenvalue weighted by atomic mass is 9.64. The summed E-state index contributed by atoms with van der Waals surface area (Å²) < 4.78 is 5.40. The molecule has 0 amide bonds. The van der Waals surface area contributed by atoms with Crippen molar-refractivity contribution < 1.29 is 24.2 Å². The molecule has 0 fully saturated rings. The van der Waals surface area contributed by atoms with Crippen molar-refractivity contribution in [2.24, 2.45) is 10.8 Å². The average molecular weight is 438 g/mol. The van der Waals surface area contributed by atoms with Crippen molar-refractivity contribution in [1.82, 2.24) is 4.90 Å². The molecule has 0 atom stereocenters. The molecule has 6 nitrogen and oxygen atoms in total. The summed E-state index contributed by atoms with van der Waals surface area (Å²) in [5, 5.41) is 8.96. The van der Waals surface area contributed by atoms with Gasteiger partial charge in [-0.1, -0.05) is 39.8 Å². The van der Waals surface area contributed by atoms with E-state index in [-0.39, 0.29) is 22.4 Å². The van der Waals surface area contributed by atoms with E-state index in [0.29, 0.717) is 29.7 Å². The van der Waals surface area contributed by atoms with E-state index in [0.717, 1.165) is 29.8 Å². The van der Waals surface area contributed by atoms with Gasteiger partial charge in [-0.25, -0.2) is 4.79 Å². The largest absolute Gasteiger partial charge is 0.482 e. The number of allylic oxidation sites excluding steroid dienone is 4. The van der Waals surface area contributed by atoms with E-state index in [1.165, 1.54) is 0 Å². The Hall–Kier alpha value is -2.89. The summed E-state index contributed by atoms with van der Waals surface area (Å²) >= 11 is 0. The normalized spacial score (nSPS) is 22.6. The van der Waals surface area contributed by atoms with Gasteiger partial charge < -0.3 is 14.7 Å². The molecule has 0 saturated carbocycles. The number of ether oxygens (including phenoxy) is 1. The number of benzene rings is 1. The summed E-state index contributed by atoms with van der Waals surface area (Å²) in [6, 6.07) is 7.16. The van der Waals surface area contributed by atoms with E-state index in [2.05, 4.69) is 32.6 Å². The molecular weight excluding hydrogens is 406 g/mol. The summed E-state index contributed by atoms with van der Waals surface area (Å²) in [7, 11) is 1.98. The molecular formula is C26H31NO5. The molecule has 1 N–H and O–H groups in total. The molecule has 1 aliphatic heterocycles. The van der Waals surface area contributed by atoms with Crippen LogP contribution in [0.2, 0.25) is 0 Å². The molecule has 170 valence electrons. The lowest BCUT2D eigenvalue weighted by molar-refractivity contribution is -0.139. The van der Waals surface area contributed by atoms with Crippen LogP contribution in [0.1, 0.15) is 64.9 Å². The number of carboxylic acids is 1. The van der Waals surface area contributed by atoms with Crippen molar-refractivity contribution in [3.8, 4) is 5.75 Å². The minimum atomic E-state index is -1.06. The predicted octanol–water partition coefficient (Wildman–Crippen LogP) is 4.47. The predicted molar refractivity (Wildman–Crippen MR) is 120 cm³/mol. The quantitative estimate of drug-likeness (QED) is 0.748. The van der Waals surface area contributed by atoms with Crippen molar-refractivity contribution in [3.63, 3.8) is 0 Å². The molecule has 3 aliphatic rings. The highest BCUT2D eigenvalue weighted by Gasteiger charge is 2.48. The lowest BCUT2D eigenvalue weighted by Crippen LogP contribution is -2.43. The Morgan fingerprint density at radius 3 is 2.03 bits per heavy atom. The number of rotatable bonds is 4. The van der Waals surface area contributed by atoms with Gasteiger partial charge in [0.1, 0.15) is 5.75 Å². The first-order valence-electron chi connectivity index (χ1n) is 11.1. The van der Waals surface area contributed by atoms with Gasteiger partial charge >= 0.3 is 5.97 Å². The number of carboxylic acid groups (broad SMARTS) is 1. The molecule has 4 rings (SSSR count). The van der Waals surface area contributed by atoms with E-state index in [9.17, 15) is 14.4 Å². The van der Waals surface area contributed by atoms with Crippen LogP contribution in [-0.2, 0) is 14.4 Å². The fourth-order valence-electron chi connectivity index (χ4n) is 5.43. The summed E-state index contributed by atoms with van der Waals surface area (Å²) in [5.41, 5.74) is 3.90. The SMILES string of the molecule is CN1C2=C(C(=O)CC(C)(C)C2)C(c2cccc(OCC(=O)O)c2)C2=C1CC(C)(C)CC2=O. The van der Waals surface area contributed by atoms with E-state index in [4.69, 9.17) is 9.84 Å². The van der Waals surface area contributed by atoms with Crippen LogP contribution in [0.25, 0.3) is 0 Å². The number of ketones is 2. The second kappa shape index (κ2) is 7.61. The van der Waals surface area contributed by atoms with Crippen LogP contribution in [0.5, 0.6) is 5.75 Å². The Bertz CT molecular complexity index is 1020. The molecule has 0 unspecified atom stereocenters. The zero-order valence-corrected chi connectivity index (χ0v) is 19.4. The molecule has 1 aromatic carbocycles. The molecule has 32 heavy (non-hydrogen) atoms. The third-order valence-corrected chi connectivity index (χ3v) is 6.73. The second-order valence-electron chi connectivity index (χ2n) is 10.8. The van der Waals surface area contributed by atoms with Gasteiger partial charge in [0.05, 0.1) is 0 Å². The summed E-state index contributed by atoms with van der Waals surface area (Å²) in [6.45, 7) is 7.99. The van der Waals surface area contributed by atoms with Gasteiger partial charge in [-0.3, -0.25) is 9.59 Å². The van der Waals surface area contributed by atoms with Gasteiger partial charge in [-0.05, 0) is 41.4 Å². The Balaban J connectivity index is 1.89. The molecule has 1 heterocycles. The van der Waals surface area contributed by atoms with Crippen molar-refractivity contribution in [2.45, 2.75) is 59.3 Å². The van der Waals surface area contributed by atoms with E-state index in [1.54, 1.807) is 18.2 Å². The molecule has 0 aromatic heterocycles. The fourth-order valence-corrected chi connectivity index (χ4v) is 5.43. The van der Waals surface area contributed by atoms with Crippen LogP contribution in [0.3, 0.4) is 0 Å². The Morgan fingerprint density at radius 2 is 1.53 bits per heavy atom. The molecule has 0 bridgehead atoms. The van der Waals surface area contributed by atoms with E-state index in [1.807, 2.05) is 13.1 Å². The highest BCUT2D eigenvalue weighted by atomic mass is 16.5. The van der Waals surface area contributed by atoms with Gasteiger partial charge in [0.15, 0.2) is 18.2 Å². The molecule has 0 radical (unpaired) electrons. The number of hydrogen-bond donors (Lipinski definition) is 1. The third kappa shape index (κ3) is 3.98. The van der Waals surface area contributed by atoms with Crippen LogP contribution in [0.15, 0.2) is 46.8 Å². The average Bonchev–Trinajstić information content (AvgIpc) is 2.66. The Morgan fingerprint density at radius 1 is 1.00 bits per heavy atom. The van der Waals surface area contributed by atoms with E-state index < -0.39 is 18.5 Å². The molecule has 6 heteroatoms. The van der Waals surface area contributed by atoms with Crippen molar-refractivity contribution >= 4 is 17.5 Å². The van der Waals surface area contributed by atoms with Gasteiger partial charge in [-0.15, -0.1) is 0 Å². The van der Waals surface area contributed by atoms with Crippen molar-refractivity contribution in [3.05, 3.63) is 52.4 Å². The summed E-state index contributed by atoms with van der Waals surface area (Å²) in [4.78, 5) is 40.0. The number of hydrogen-bond acceptors (Lipinski definition) is 5. The number of carbonyl (C=O) groups excluding carboxylic acids is 2. The minimum absolute atomic E-state index is 0.0779. The zero-order valence-electron chi connectivity index (χ0n) is 19.4. The van der Waals surface area contributed by atoms with Crippen LogP contribution in [0, 0.1) is 10.8 Å². The topological polar surface area (TPSA) is 83.9 Å². The summed E-state index contributed by atoms with van der Waals surface area (Å²) in [6.07, 6.45) is 2.41. The molecule has 0 spiro atoms. The van der Waals surface area contributed by atoms with Gasteiger partial charge in [0, 0.05) is 48.3 Å². The molecule has 0 saturated heterocycles. The van der Waals surface area contributed by atoms with Crippen LogP contribution in [0.4, 0.5) is 0 Å². The number of carbonyl (C=O) groups is 3. The highest BCUT2D eigenvalue weighted by molar-refractivity contribution is 6.06. The molecule has 2 aliphatic carbocycles. The van der Waals surface area contributed by atoms with E-state index >= 15 is 0 Å². The lowest BCUT2D eigenvalue weighted by Gasteiger charge is -2.47. The first kappa shape index (κ1) is 22.3. The first-order valence-corrected chi connectivity index (χ1v) is 11.1. The van der Waals surface area contributed by atoms with Gasteiger partial charge in [-0.2, -0.15) is 0 Å². The second-order valence-corrected chi connectivity index (χ2v) is 10.8. The van der Waals surface area contributed by atoms with Crippen LogP contribution < -0.4 is 4.74 Å². The number of Topliss-reactive ketones (excluding diaryl/α,β-unsaturated/α-hetero) is 2. The van der Waals surface area contributed by atoms with Crippen molar-refractivity contribution in [1.29, 1.82) is 0 Å². The smallest absolute Gasteiger partial charge is 0.341 e. The summed E-state index contributed by atoms with van der Waals surface area (Å²) in [5.74, 6) is -0.931. The Labute approximate surface area is 188 Å². The monoisotopic (exact) mass is 437 g/mol. The molecule has 1 aromatic rings. The fraction of sp³-hybridized carbons (Fsp3) is 0.500. The number of nitrogens with zero attached hydrogens (tertiary/aromatic N) is 1. The maximum absolute atomic E-state index is 13.5. The highest BCUT2D eigenvalue weighted by Crippen LogP contribution is 2.54. The van der Waals surface area contributed by atoms with Gasteiger partial charge in [0.2, 0.25) is 0 Å².